The molecular weight excluding hydrogens is 442 g/mol. The molecule has 0 aliphatic carbocycles. The molecule has 0 radical (unpaired) electrons. The summed E-state index contributed by atoms with van der Waals surface area (Å²) in [5.41, 5.74) is 0.162. The molecule has 0 saturated carbocycles. The normalized spacial score (nSPS) is 11.0. The van der Waals surface area contributed by atoms with Crippen LogP contribution in [0.15, 0.2) is 74.8 Å². The number of hydrogen-bond donors (Lipinski definition) is 0. The fourth-order valence-electron chi connectivity index (χ4n) is 2.74. The summed E-state index contributed by atoms with van der Waals surface area (Å²) in [5, 5.41) is 10.4. The lowest BCUT2D eigenvalue weighted by molar-refractivity contribution is -0.144. The van der Waals surface area contributed by atoms with E-state index in [2.05, 4.69) is 26.2 Å². The molecule has 0 bridgehead atoms. The number of rotatable bonds is 5. The largest absolute Gasteiger partial charge is 0.441 e. The average molecular weight is 456 g/mol. The van der Waals surface area contributed by atoms with Crippen molar-refractivity contribution < 1.29 is 9.53 Å². The van der Waals surface area contributed by atoms with E-state index in [9.17, 15) is 9.59 Å². The zero-order valence-corrected chi connectivity index (χ0v) is 16.9. The van der Waals surface area contributed by atoms with Gasteiger partial charge in [-0.05, 0) is 44.9 Å². The summed E-state index contributed by atoms with van der Waals surface area (Å²) in [6.45, 7) is -0.269. The maximum Gasteiger partial charge on any atom is 0.318 e. The lowest BCUT2D eigenvalue weighted by Crippen LogP contribution is -2.26. The van der Waals surface area contributed by atoms with Crippen LogP contribution in [0.25, 0.3) is 21.7 Å². The summed E-state index contributed by atoms with van der Waals surface area (Å²) in [7, 11) is 0. The molecule has 4 aromatic rings. The van der Waals surface area contributed by atoms with E-state index in [0.717, 1.165) is 24.8 Å². The fraction of sp³-hybridized carbons (Fsp3) is 0.100. The van der Waals surface area contributed by atoms with Gasteiger partial charge in [0.05, 0.1) is 11.1 Å². The molecule has 3 aromatic carbocycles. The highest BCUT2D eigenvalue weighted by atomic mass is 79.9. The van der Waals surface area contributed by atoms with E-state index in [1.54, 1.807) is 24.3 Å². The number of aromatic nitrogens is 3. The van der Waals surface area contributed by atoms with Crippen molar-refractivity contribution in [2.45, 2.75) is 11.6 Å². The minimum Gasteiger partial charge on any atom is -0.441 e. The number of esters is 1. The van der Waals surface area contributed by atoms with Crippen molar-refractivity contribution in [2.75, 3.05) is 5.75 Å². The lowest BCUT2D eigenvalue weighted by atomic mass is 10.1. The van der Waals surface area contributed by atoms with Crippen LogP contribution in [0, 0.1) is 0 Å². The molecule has 140 valence electrons. The molecule has 1 aromatic heterocycles. The number of nitrogens with zero attached hydrogens (tertiary/aromatic N) is 3. The predicted octanol–water partition coefficient (Wildman–Crippen LogP) is 4.00. The fourth-order valence-corrected chi connectivity index (χ4v) is 4.34. The summed E-state index contributed by atoms with van der Waals surface area (Å²) in [6.07, 6.45) is 0. The van der Waals surface area contributed by atoms with E-state index in [4.69, 9.17) is 4.74 Å². The van der Waals surface area contributed by atoms with Crippen LogP contribution in [0.3, 0.4) is 0 Å². The zero-order valence-electron chi connectivity index (χ0n) is 14.5. The molecule has 28 heavy (non-hydrogen) atoms. The highest BCUT2D eigenvalue weighted by Gasteiger charge is 2.11. The van der Waals surface area contributed by atoms with Gasteiger partial charge in [-0.25, -0.2) is 0 Å². The van der Waals surface area contributed by atoms with Gasteiger partial charge in [0.25, 0.3) is 5.56 Å². The van der Waals surface area contributed by atoms with Gasteiger partial charge in [0, 0.05) is 9.37 Å². The van der Waals surface area contributed by atoms with Crippen molar-refractivity contribution in [3.63, 3.8) is 0 Å². The molecule has 0 N–H and O–H groups in total. The second-order valence-electron chi connectivity index (χ2n) is 5.94. The van der Waals surface area contributed by atoms with Gasteiger partial charge in [0.2, 0.25) is 0 Å². The first-order valence-corrected chi connectivity index (χ1v) is 10.2. The van der Waals surface area contributed by atoms with Crippen molar-refractivity contribution in [1.82, 2.24) is 15.0 Å². The highest BCUT2D eigenvalue weighted by Crippen LogP contribution is 2.34. The molecular formula is C20H14BrN3O3S. The Kier molecular flexibility index (Phi) is 5.40. The maximum atomic E-state index is 12.3. The minimum absolute atomic E-state index is 0.118. The van der Waals surface area contributed by atoms with E-state index in [-0.39, 0.29) is 18.0 Å². The Hall–Kier alpha value is -2.71. The topological polar surface area (TPSA) is 74.1 Å². The molecule has 0 unspecified atom stereocenters. The van der Waals surface area contributed by atoms with Gasteiger partial charge in [0.1, 0.15) is 5.52 Å². The van der Waals surface area contributed by atoms with Crippen LogP contribution in [-0.4, -0.2) is 26.7 Å². The van der Waals surface area contributed by atoms with Crippen LogP contribution >= 0.6 is 27.7 Å². The van der Waals surface area contributed by atoms with Crippen LogP contribution in [0.4, 0.5) is 0 Å². The summed E-state index contributed by atoms with van der Waals surface area (Å²) >= 11 is 4.97. The quantitative estimate of drug-likeness (QED) is 0.334. The highest BCUT2D eigenvalue weighted by molar-refractivity contribution is 9.10. The lowest BCUT2D eigenvalue weighted by Gasteiger charge is -2.09. The summed E-state index contributed by atoms with van der Waals surface area (Å²) < 4.78 is 7.18. The summed E-state index contributed by atoms with van der Waals surface area (Å²) in [5.74, 6) is -0.320. The van der Waals surface area contributed by atoms with Crippen LogP contribution < -0.4 is 5.56 Å². The molecule has 6 nitrogen and oxygen atoms in total. The number of carbonyl (C=O) groups excluding carboxylic acids is 1. The number of hydrogen-bond acceptors (Lipinski definition) is 6. The van der Waals surface area contributed by atoms with E-state index in [0.29, 0.717) is 10.9 Å². The maximum absolute atomic E-state index is 12.3. The zero-order chi connectivity index (χ0) is 19.5. The first-order valence-electron chi connectivity index (χ1n) is 8.42. The SMILES string of the molecule is O=C(CSc1ccc2ccccc2c1Br)OCn1nnc2ccccc2c1=O. The number of ether oxygens (including phenoxy) is 1. The van der Waals surface area contributed by atoms with Crippen molar-refractivity contribution in [3.05, 3.63) is 75.5 Å². The van der Waals surface area contributed by atoms with Crippen LogP contribution in [0.1, 0.15) is 0 Å². The number of fused-ring (bicyclic) bond motifs is 2. The minimum atomic E-state index is -0.438. The molecule has 8 heteroatoms. The first-order chi connectivity index (χ1) is 13.6. The smallest absolute Gasteiger partial charge is 0.318 e. The molecule has 0 saturated heterocycles. The molecule has 4 rings (SSSR count). The Labute approximate surface area is 172 Å². The third-order valence-electron chi connectivity index (χ3n) is 4.15. The van der Waals surface area contributed by atoms with Crippen molar-refractivity contribution in [3.8, 4) is 0 Å². The first kappa shape index (κ1) is 18.6. The van der Waals surface area contributed by atoms with E-state index in [1.807, 2.05) is 36.4 Å². The molecule has 0 aliphatic heterocycles. The Morgan fingerprint density at radius 1 is 1.04 bits per heavy atom. The van der Waals surface area contributed by atoms with E-state index >= 15 is 0 Å². The third kappa shape index (κ3) is 3.79. The average Bonchev–Trinajstić information content (AvgIpc) is 2.73. The molecule has 1 heterocycles. The van der Waals surface area contributed by atoms with Gasteiger partial charge in [-0.1, -0.05) is 47.7 Å². The third-order valence-corrected chi connectivity index (χ3v) is 6.30. The predicted molar refractivity (Wildman–Crippen MR) is 112 cm³/mol. The standard InChI is InChI=1S/C20H14BrN3O3S/c21-19-14-6-2-1-5-13(14)9-10-17(19)28-11-18(25)27-12-24-20(26)15-7-3-4-8-16(15)22-23-24/h1-10H,11-12H2. The van der Waals surface area contributed by atoms with Crippen molar-refractivity contribution in [1.29, 1.82) is 0 Å². The number of carbonyl (C=O) groups is 1. The van der Waals surface area contributed by atoms with Gasteiger partial charge in [-0.2, -0.15) is 4.68 Å². The van der Waals surface area contributed by atoms with Crippen molar-refractivity contribution >= 4 is 55.3 Å². The van der Waals surface area contributed by atoms with E-state index < -0.39 is 5.97 Å². The van der Waals surface area contributed by atoms with Gasteiger partial charge >= 0.3 is 5.97 Å². The Morgan fingerprint density at radius 2 is 1.79 bits per heavy atom. The second-order valence-corrected chi connectivity index (χ2v) is 7.75. The van der Waals surface area contributed by atoms with Gasteiger partial charge < -0.3 is 4.74 Å². The van der Waals surface area contributed by atoms with Crippen LogP contribution in [-0.2, 0) is 16.3 Å². The van der Waals surface area contributed by atoms with Gasteiger partial charge in [-0.3, -0.25) is 9.59 Å². The second kappa shape index (κ2) is 8.12. The molecule has 0 fully saturated rings. The molecule has 0 amide bonds. The monoisotopic (exact) mass is 455 g/mol. The van der Waals surface area contributed by atoms with Gasteiger partial charge in [0.15, 0.2) is 6.73 Å². The van der Waals surface area contributed by atoms with E-state index in [1.165, 1.54) is 11.8 Å². The number of halogens is 1. The summed E-state index contributed by atoms with van der Waals surface area (Å²) in [4.78, 5) is 25.4. The number of benzene rings is 3. The molecule has 0 spiro atoms. The van der Waals surface area contributed by atoms with Crippen LogP contribution in [0.2, 0.25) is 0 Å². The van der Waals surface area contributed by atoms with Crippen LogP contribution in [0.5, 0.6) is 0 Å². The molecule has 0 aliphatic rings. The Morgan fingerprint density at radius 3 is 2.64 bits per heavy atom. The molecule has 0 atom stereocenters. The Balaban J connectivity index is 1.41. The van der Waals surface area contributed by atoms with Crippen molar-refractivity contribution in [2.24, 2.45) is 0 Å². The summed E-state index contributed by atoms with van der Waals surface area (Å²) in [6, 6.07) is 18.9. The van der Waals surface area contributed by atoms with Gasteiger partial charge in [-0.15, -0.1) is 16.9 Å². The Bertz CT molecular complexity index is 1240. The number of thioether (sulfide) groups is 1.